The van der Waals surface area contributed by atoms with Crippen molar-refractivity contribution in [1.82, 2.24) is 35.4 Å². The Balaban J connectivity index is 1.65. The van der Waals surface area contributed by atoms with E-state index >= 15 is 0 Å². The molecule has 4 aromatic rings. The lowest BCUT2D eigenvalue weighted by Crippen LogP contribution is -2.57. The Kier molecular flexibility index (Phi) is 17.4. The molecule has 378 valence electrons. The molecule has 0 saturated heterocycles. The summed E-state index contributed by atoms with van der Waals surface area (Å²) in [5, 5.41) is 59.2. The Hall–Kier alpha value is -7.00. The number of carbonyl (C=O) groups is 5. The van der Waals surface area contributed by atoms with Crippen molar-refractivity contribution in [1.29, 1.82) is 0 Å². The Morgan fingerprint density at radius 3 is 2.11 bits per heavy atom. The molecule has 70 heavy (non-hydrogen) atoms. The van der Waals surface area contributed by atoms with E-state index in [2.05, 4.69) is 21.0 Å². The summed E-state index contributed by atoms with van der Waals surface area (Å²) in [4.78, 5) is 83.3. The lowest BCUT2D eigenvalue weighted by atomic mass is 9.87. The number of aromatic nitrogens is 2. The number of amides is 4. The molecule has 1 aliphatic rings. The molecule has 2 heterocycles. The minimum Gasteiger partial charge on any atom is -0.504 e. The summed E-state index contributed by atoms with van der Waals surface area (Å²) >= 11 is 0. The molecule has 0 aliphatic carbocycles. The third-order valence-electron chi connectivity index (χ3n) is 11.1. The van der Waals surface area contributed by atoms with Crippen molar-refractivity contribution in [2.75, 3.05) is 39.9 Å². The summed E-state index contributed by atoms with van der Waals surface area (Å²) in [5.74, 6) is -6.73. The number of phenolic OH excluding ortho intramolecular Hbond substituents is 1. The van der Waals surface area contributed by atoms with E-state index in [1.807, 2.05) is 37.6 Å². The molecule has 5 rings (SSSR count). The normalized spacial score (nSPS) is 17.7. The van der Waals surface area contributed by atoms with Gasteiger partial charge in [0, 0.05) is 50.3 Å². The number of nitrogens with one attached hydrogen (secondary N) is 4. The number of hydrogen-bond donors (Lipinski definition) is 11. The van der Waals surface area contributed by atoms with Crippen LogP contribution in [0.25, 0.3) is 16.8 Å². The average Bonchev–Trinajstić information content (AvgIpc) is 3.30. The molecule has 1 aliphatic heterocycles. The van der Waals surface area contributed by atoms with Gasteiger partial charge in [0.05, 0.1) is 17.4 Å². The lowest BCUT2D eigenvalue weighted by molar-refractivity contribution is -0.143. The maximum Gasteiger partial charge on any atom is 0.326 e. The summed E-state index contributed by atoms with van der Waals surface area (Å²) < 4.78 is 39.1. The quantitative estimate of drug-likeness (QED) is 0.0546. The fourth-order valence-electron chi connectivity index (χ4n) is 7.14. The van der Waals surface area contributed by atoms with Crippen LogP contribution in [0.1, 0.15) is 60.8 Å². The van der Waals surface area contributed by atoms with Crippen LogP contribution in [0.2, 0.25) is 0 Å². The molecular weight excluding hydrogens is 937 g/mol. The summed E-state index contributed by atoms with van der Waals surface area (Å²) in [6.07, 6.45) is -1.69. The summed E-state index contributed by atoms with van der Waals surface area (Å²) in [5.41, 5.74) is 11.3. The summed E-state index contributed by atoms with van der Waals surface area (Å²) in [6.45, 7) is 5.05. The molecule has 25 heteroatoms. The zero-order valence-electron chi connectivity index (χ0n) is 38.9. The van der Waals surface area contributed by atoms with Gasteiger partial charge in [-0.05, 0) is 65.4 Å². The van der Waals surface area contributed by atoms with E-state index in [1.165, 1.54) is 31.2 Å². The Bertz CT molecular complexity index is 2770. The number of likely N-dealkylation sites (N-methyl/N-ethyl adjacent to an activating group) is 1. The number of nitrogens with zero attached hydrogens (tertiary/aromatic N) is 3. The van der Waals surface area contributed by atoms with Crippen molar-refractivity contribution in [2.24, 2.45) is 16.6 Å². The zero-order valence-corrected chi connectivity index (χ0v) is 39.7. The number of aliphatic hydroxyl groups excluding tert-OH is 2. The van der Waals surface area contributed by atoms with Crippen molar-refractivity contribution in [3.63, 3.8) is 0 Å². The Morgan fingerprint density at radius 1 is 0.914 bits per heavy atom. The first-order chi connectivity index (χ1) is 32.8. The number of phenols is 1. The number of carbonyl (C=O) groups excluding carboxylic acids is 4. The third kappa shape index (κ3) is 13.6. The predicted molar refractivity (Wildman–Crippen MR) is 252 cm³/mol. The number of aliphatic hydroxyl groups is 2. The first-order valence-corrected chi connectivity index (χ1v) is 23.3. The fraction of sp³-hybridized carbons (Fsp3) is 0.400. The van der Waals surface area contributed by atoms with Crippen LogP contribution in [0, 0.1) is 0 Å². The van der Waals surface area contributed by atoms with Gasteiger partial charge in [0.2, 0.25) is 17.7 Å². The van der Waals surface area contributed by atoms with E-state index in [9.17, 15) is 57.6 Å². The number of ether oxygens (including phenoxy) is 2. The van der Waals surface area contributed by atoms with Crippen LogP contribution < -0.4 is 52.3 Å². The minimum absolute atomic E-state index is 0.00357. The average molecular weight is 995 g/mol. The number of fused-ring (bicyclic) bond motifs is 5. The first kappa shape index (κ1) is 53.9. The second-order valence-corrected chi connectivity index (χ2v) is 18.9. The topological polar surface area (TPSA) is 383 Å². The molecule has 6 atom stereocenters. The number of hydrogen-bond acceptors (Lipinski definition) is 16. The maximum absolute atomic E-state index is 14.7. The Labute approximate surface area is 402 Å². The number of rotatable bonds is 17. The molecule has 0 spiro atoms. The molecule has 4 bridgehead atoms. The number of carboxylic acids is 1. The van der Waals surface area contributed by atoms with Crippen LogP contribution in [0.4, 0.5) is 0 Å². The van der Waals surface area contributed by atoms with Gasteiger partial charge in [0.25, 0.3) is 21.7 Å². The first-order valence-electron chi connectivity index (χ1n) is 21.7. The Morgan fingerprint density at radius 2 is 1.54 bits per heavy atom. The van der Waals surface area contributed by atoms with Crippen LogP contribution in [0.3, 0.4) is 0 Å². The number of nitrogens with two attached hydrogens (primary N) is 3. The molecule has 0 radical (unpaired) electrons. The van der Waals surface area contributed by atoms with Gasteiger partial charge in [-0.2, -0.15) is 22.9 Å². The smallest absolute Gasteiger partial charge is 0.326 e. The second kappa shape index (κ2) is 22.6. The van der Waals surface area contributed by atoms with Crippen molar-refractivity contribution in [2.45, 2.75) is 75.9 Å². The largest absolute Gasteiger partial charge is 0.504 e. The van der Waals surface area contributed by atoms with Crippen LogP contribution >= 0.6 is 0 Å². The van der Waals surface area contributed by atoms with Crippen molar-refractivity contribution >= 4 is 39.8 Å². The molecule has 3 aromatic carbocycles. The van der Waals surface area contributed by atoms with E-state index < -0.39 is 101 Å². The van der Waals surface area contributed by atoms with Crippen LogP contribution in [-0.4, -0.2) is 143 Å². The fourth-order valence-corrected chi connectivity index (χ4v) is 7.53. The van der Waals surface area contributed by atoms with Crippen molar-refractivity contribution in [3.05, 3.63) is 99.5 Å². The van der Waals surface area contributed by atoms with Gasteiger partial charge in [-0.3, -0.25) is 24.0 Å². The molecule has 1 unspecified atom stereocenters. The molecule has 14 N–H and O–H groups in total. The molecule has 0 saturated carbocycles. The highest BCUT2D eigenvalue weighted by Crippen LogP contribution is 2.45. The van der Waals surface area contributed by atoms with Crippen LogP contribution in [0.15, 0.2) is 71.7 Å². The molecule has 1 aromatic heterocycles. The maximum atomic E-state index is 14.7. The SMILES string of the molecule is C[C@@H]1NC(=O)[C@@H](N(C)C(=O)[C@H](CNS(N)(=O)=O)NC(=O)c2cnn(-c3ccc(C(C)(C)C)cc3)c(=O)c2)c2cc(OC[C@H](O)CN)c(O)c(c2)-c2cc(ccc2OC[C@H](O)CN)CC(C(=O)O)NC1=O. The van der Waals surface area contributed by atoms with Gasteiger partial charge >= 0.3 is 5.97 Å². The molecule has 24 nitrogen and oxygen atoms in total. The highest BCUT2D eigenvalue weighted by atomic mass is 32.2. The molecule has 0 fully saturated rings. The predicted octanol–water partition coefficient (Wildman–Crippen LogP) is -1.98. The van der Waals surface area contributed by atoms with E-state index in [0.29, 0.717) is 11.3 Å². The summed E-state index contributed by atoms with van der Waals surface area (Å²) in [6, 6.07) is 7.83. The molecule has 4 amide bonds. The standard InChI is InChI=1S/C45H58N10O14S/c1-23-40(60)52-33(44(64)65)13-24-6-11-35(68-21-29(56)17-46)31(12-24)32-14-25(15-36(39(32)59)69-22-30(57)18-47)38(42(62)51-23)54(5)43(63)34(20-50-70(48,66)67)53-41(61)26-16-37(58)55(49-19-26)28-9-7-27(8-10-28)45(2,3)4/h6-12,14-16,19,23,29-30,33-34,38,50,56-57,59H,13,17-18,20-22,46-47H2,1-5H3,(H,51,62)(H,52,60)(H,53,61)(H,64,65)(H2,48,66,67)/t23-,29+,30+,33?,34-,38-/m0/s1. The van der Waals surface area contributed by atoms with Gasteiger partial charge in [-0.1, -0.05) is 39.0 Å². The number of aliphatic carboxylic acids is 1. The highest BCUT2D eigenvalue weighted by molar-refractivity contribution is 7.87. The van der Waals surface area contributed by atoms with E-state index in [0.717, 1.165) is 40.5 Å². The van der Waals surface area contributed by atoms with Gasteiger partial charge in [-0.15, -0.1) is 0 Å². The summed E-state index contributed by atoms with van der Waals surface area (Å²) in [7, 11) is -3.45. The lowest BCUT2D eigenvalue weighted by Gasteiger charge is -2.32. The molecular formula is C45H58N10O14S. The number of aromatic hydroxyl groups is 1. The van der Waals surface area contributed by atoms with Gasteiger partial charge in [0.15, 0.2) is 11.5 Å². The number of benzene rings is 3. The van der Waals surface area contributed by atoms with Crippen molar-refractivity contribution in [3.8, 4) is 34.1 Å². The minimum atomic E-state index is -4.55. The van der Waals surface area contributed by atoms with Gasteiger partial charge in [-0.25, -0.2) is 9.93 Å². The monoisotopic (exact) mass is 994 g/mol. The zero-order chi connectivity index (χ0) is 51.8. The third-order valence-corrected chi connectivity index (χ3v) is 11.6. The highest BCUT2D eigenvalue weighted by Gasteiger charge is 2.37. The van der Waals surface area contributed by atoms with Gasteiger partial charge in [0.1, 0.15) is 55.3 Å². The van der Waals surface area contributed by atoms with Crippen LogP contribution in [-0.2, 0) is 41.2 Å². The van der Waals surface area contributed by atoms with E-state index in [-0.39, 0.29) is 65.3 Å². The van der Waals surface area contributed by atoms with Crippen molar-refractivity contribution < 1.29 is 62.3 Å². The van der Waals surface area contributed by atoms with E-state index in [4.69, 9.17) is 26.1 Å². The van der Waals surface area contributed by atoms with Crippen LogP contribution in [0.5, 0.6) is 17.2 Å². The van der Waals surface area contributed by atoms with E-state index in [1.54, 1.807) is 12.1 Å². The number of carboxylic acid groups (broad SMARTS) is 1. The second-order valence-electron chi connectivity index (χ2n) is 17.5. The van der Waals surface area contributed by atoms with Gasteiger partial charge < -0.3 is 62.2 Å².